The van der Waals surface area contributed by atoms with Gasteiger partial charge in [-0.15, -0.1) is 0 Å². The van der Waals surface area contributed by atoms with Crippen molar-refractivity contribution >= 4 is 5.57 Å². The van der Waals surface area contributed by atoms with E-state index in [9.17, 15) is 4.39 Å². The Morgan fingerprint density at radius 2 is 1.92 bits per heavy atom. The molecule has 0 aromatic heterocycles. The summed E-state index contributed by atoms with van der Waals surface area (Å²) in [6.45, 7) is 18.8. The molecule has 1 fully saturated rings. The molecule has 0 atom stereocenters. The first-order valence-electron chi connectivity index (χ1n) is 8.79. The number of rotatable bonds is 8. The zero-order valence-electron chi connectivity index (χ0n) is 15.3. The van der Waals surface area contributed by atoms with Crippen LogP contribution in [0, 0.1) is 11.7 Å². The van der Waals surface area contributed by atoms with Crippen LogP contribution in [0.2, 0.25) is 0 Å². The molecule has 1 aliphatic rings. The van der Waals surface area contributed by atoms with Gasteiger partial charge in [0.2, 0.25) is 0 Å². The summed E-state index contributed by atoms with van der Waals surface area (Å²) in [6, 6.07) is 4.93. The highest BCUT2D eigenvalue weighted by Gasteiger charge is 2.21. The zero-order chi connectivity index (χ0) is 17.9. The van der Waals surface area contributed by atoms with Gasteiger partial charge in [-0.25, -0.2) is 4.39 Å². The van der Waals surface area contributed by atoms with Crippen LogP contribution in [0.4, 0.5) is 4.39 Å². The molecule has 1 aromatic carbocycles. The molecule has 1 heteroatoms. The van der Waals surface area contributed by atoms with E-state index in [1.54, 1.807) is 6.07 Å². The van der Waals surface area contributed by atoms with Crippen molar-refractivity contribution in [3.05, 3.63) is 77.7 Å². The minimum Gasteiger partial charge on any atom is -0.207 e. The van der Waals surface area contributed by atoms with Crippen LogP contribution in [-0.2, 0) is 0 Å². The number of hydrogen-bond donors (Lipinski definition) is 0. The molecule has 1 aliphatic carbocycles. The quantitative estimate of drug-likeness (QED) is 0.443. The fourth-order valence-corrected chi connectivity index (χ4v) is 3.07. The molecule has 0 bridgehead atoms. The van der Waals surface area contributed by atoms with Gasteiger partial charge in [0, 0.05) is 0 Å². The molecule has 1 saturated carbocycles. The molecule has 0 nitrogen and oxygen atoms in total. The van der Waals surface area contributed by atoms with Crippen LogP contribution in [-0.4, -0.2) is 0 Å². The lowest BCUT2D eigenvalue weighted by Crippen LogP contribution is -1.99. The van der Waals surface area contributed by atoms with Crippen LogP contribution in [0.5, 0.6) is 0 Å². The fraction of sp³-hybridized carbons (Fsp3) is 0.391. The summed E-state index contributed by atoms with van der Waals surface area (Å²) in [7, 11) is 0. The summed E-state index contributed by atoms with van der Waals surface area (Å²) in [5.74, 6) is 0.899. The van der Waals surface area contributed by atoms with Crippen LogP contribution >= 0.6 is 0 Å². The third kappa shape index (κ3) is 5.06. The molecule has 128 valence electrons. The summed E-state index contributed by atoms with van der Waals surface area (Å²) in [4.78, 5) is 0. The Morgan fingerprint density at radius 1 is 1.25 bits per heavy atom. The monoisotopic (exact) mass is 324 g/mol. The Hall–Kier alpha value is -1.89. The van der Waals surface area contributed by atoms with E-state index in [4.69, 9.17) is 0 Å². The molecule has 0 N–H and O–H groups in total. The van der Waals surface area contributed by atoms with E-state index in [1.807, 2.05) is 6.07 Å². The molecule has 0 heterocycles. The van der Waals surface area contributed by atoms with Crippen LogP contribution in [0.1, 0.15) is 63.5 Å². The van der Waals surface area contributed by atoms with Gasteiger partial charge in [-0.2, -0.15) is 0 Å². The molecule has 0 unspecified atom stereocenters. The van der Waals surface area contributed by atoms with Crippen molar-refractivity contribution in [1.82, 2.24) is 0 Å². The Morgan fingerprint density at radius 3 is 2.50 bits per heavy atom. The third-order valence-corrected chi connectivity index (χ3v) is 4.58. The predicted octanol–water partition coefficient (Wildman–Crippen LogP) is 7.21. The summed E-state index contributed by atoms with van der Waals surface area (Å²) in [5.41, 5.74) is 6.33. The second-order valence-corrected chi connectivity index (χ2v) is 7.44. The molecule has 0 saturated heterocycles. The molecule has 2 rings (SSSR count). The maximum atomic E-state index is 13.6. The SMILES string of the molecule is C=C(/C=C(\C)CC(=C)C(=C)c1ccc(F)cc1C(C)C)CC1CC1. The molecule has 0 amide bonds. The Balaban J connectivity index is 2.07. The first-order chi connectivity index (χ1) is 11.3. The molecule has 0 radical (unpaired) electrons. The van der Waals surface area contributed by atoms with Gasteiger partial charge in [-0.1, -0.05) is 56.9 Å². The van der Waals surface area contributed by atoms with Gasteiger partial charge in [-0.3, -0.25) is 0 Å². The fourth-order valence-electron chi connectivity index (χ4n) is 3.07. The van der Waals surface area contributed by atoms with E-state index in [0.717, 1.165) is 41.0 Å². The number of benzene rings is 1. The highest BCUT2D eigenvalue weighted by molar-refractivity contribution is 5.79. The summed E-state index contributed by atoms with van der Waals surface area (Å²) < 4.78 is 13.6. The van der Waals surface area contributed by atoms with Crippen molar-refractivity contribution < 1.29 is 4.39 Å². The van der Waals surface area contributed by atoms with Crippen molar-refractivity contribution in [2.45, 2.75) is 52.4 Å². The van der Waals surface area contributed by atoms with Gasteiger partial charge in [0.15, 0.2) is 0 Å². The van der Waals surface area contributed by atoms with Gasteiger partial charge in [0.25, 0.3) is 0 Å². The normalized spacial score (nSPS) is 14.8. The Bertz CT molecular complexity index is 684. The van der Waals surface area contributed by atoms with Crippen LogP contribution in [0.3, 0.4) is 0 Å². The van der Waals surface area contributed by atoms with Crippen molar-refractivity contribution in [2.75, 3.05) is 0 Å². The van der Waals surface area contributed by atoms with Gasteiger partial charge in [-0.05, 0) is 78.8 Å². The molecule has 0 aliphatic heterocycles. The molecule has 0 spiro atoms. The van der Waals surface area contributed by atoms with Crippen molar-refractivity contribution in [2.24, 2.45) is 5.92 Å². The van der Waals surface area contributed by atoms with Gasteiger partial charge < -0.3 is 0 Å². The first kappa shape index (κ1) is 18.4. The van der Waals surface area contributed by atoms with Crippen LogP contribution < -0.4 is 0 Å². The van der Waals surface area contributed by atoms with E-state index in [1.165, 1.54) is 30.1 Å². The highest BCUT2D eigenvalue weighted by Crippen LogP contribution is 2.36. The van der Waals surface area contributed by atoms with Gasteiger partial charge >= 0.3 is 0 Å². The maximum Gasteiger partial charge on any atom is 0.123 e. The lowest BCUT2D eigenvalue weighted by Gasteiger charge is -2.17. The van der Waals surface area contributed by atoms with E-state index < -0.39 is 0 Å². The second-order valence-electron chi connectivity index (χ2n) is 7.44. The zero-order valence-corrected chi connectivity index (χ0v) is 15.3. The molecule has 1 aromatic rings. The lowest BCUT2D eigenvalue weighted by molar-refractivity contribution is 0.623. The standard InChI is InChI=1S/C23H29F/c1-15(2)23-14-21(24)9-10-22(23)19(6)18(5)12-16(3)11-17(4)13-20-7-8-20/h9-11,14-15,20H,4-8,12-13H2,1-3H3/b16-11+. The highest BCUT2D eigenvalue weighted by atomic mass is 19.1. The third-order valence-electron chi connectivity index (χ3n) is 4.58. The first-order valence-corrected chi connectivity index (χ1v) is 8.79. The van der Waals surface area contributed by atoms with E-state index in [0.29, 0.717) is 0 Å². The molecular weight excluding hydrogens is 295 g/mol. The number of hydrogen-bond acceptors (Lipinski definition) is 0. The van der Waals surface area contributed by atoms with E-state index in [2.05, 4.69) is 46.6 Å². The largest absolute Gasteiger partial charge is 0.207 e. The Labute approximate surface area is 146 Å². The van der Waals surface area contributed by atoms with Crippen molar-refractivity contribution in [3.8, 4) is 0 Å². The van der Waals surface area contributed by atoms with Gasteiger partial charge in [0.1, 0.15) is 5.82 Å². The van der Waals surface area contributed by atoms with E-state index in [-0.39, 0.29) is 11.7 Å². The lowest BCUT2D eigenvalue weighted by atomic mass is 9.88. The second kappa shape index (κ2) is 7.79. The predicted molar refractivity (Wildman–Crippen MR) is 104 cm³/mol. The van der Waals surface area contributed by atoms with Crippen molar-refractivity contribution in [3.63, 3.8) is 0 Å². The number of halogens is 1. The summed E-state index contributed by atoms with van der Waals surface area (Å²) in [5, 5.41) is 0. The average Bonchev–Trinajstić information content (AvgIpc) is 3.29. The smallest absolute Gasteiger partial charge is 0.123 e. The Kier molecular flexibility index (Phi) is 5.99. The van der Waals surface area contributed by atoms with Crippen molar-refractivity contribution in [1.29, 1.82) is 0 Å². The summed E-state index contributed by atoms with van der Waals surface area (Å²) >= 11 is 0. The molecule has 24 heavy (non-hydrogen) atoms. The maximum absolute atomic E-state index is 13.6. The average molecular weight is 324 g/mol. The molecular formula is C23H29F. The summed E-state index contributed by atoms with van der Waals surface area (Å²) in [6.07, 6.45) is 6.76. The topological polar surface area (TPSA) is 0 Å². The van der Waals surface area contributed by atoms with Crippen LogP contribution in [0.25, 0.3) is 5.57 Å². The van der Waals surface area contributed by atoms with E-state index >= 15 is 0 Å². The van der Waals surface area contributed by atoms with Crippen LogP contribution in [0.15, 0.2) is 60.7 Å². The minimum atomic E-state index is -0.201. The van der Waals surface area contributed by atoms with Gasteiger partial charge in [0.05, 0.1) is 0 Å². The minimum absolute atomic E-state index is 0.201. The number of allylic oxidation sites excluding steroid dienone is 5.